The number of pyridine rings is 1. The van der Waals surface area contributed by atoms with Crippen molar-refractivity contribution in [2.45, 2.75) is 32.0 Å². The molecule has 0 saturated heterocycles. The van der Waals surface area contributed by atoms with Gasteiger partial charge in [-0.25, -0.2) is 4.39 Å². The van der Waals surface area contributed by atoms with Gasteiger partial charge in [0.25, 0.3) is 0 Å². The predicted molar refractivity (Wildman–Crippen MR) is 119 cm³/mol. The summed E-state index contributed by atoms with van der Waals surface area (Å²) >= 11 is 0. The molecule has 0 saturated carbocycles. The second-order valence-electron chi connectivity index (χ2n) is 6.78. The maximum Gasteiger partial charge on any atom is 0.246 e. The zero-order valence-corrected chi connectivity index (χ0v) is 17.6. The Kier molecular flexibility index (Phi) is 8.04. The standard InChI is InChI=1S/C24H28FN3O2/c1-6-14-26-23(19-12-15-28(16-13-19)22(29)7-2)18(5)30-20-10-11-21(27-17-20)24(25,8-3)9-4/h6-12,14,17-18H,2-4,13,15-16H2,1,5H3/b14-6-,26-23?. The van der Waals surface area contributed by atoms with Crippen molar-refractivity contribution < 1.29 is 13.9 Å². The molecule has 5 nitrogen and oxygen atoms in total. The summed E-state index contributed by atoms with van der Waals surface area (Å²) in [7, 11) is 0. The summed E-state index contributed by atoms with van der Waals surface area (Å²) in [5.41, 5.74) is 0.112. The van der Waals surface area contributed by atoms with E-state index in [-0.39, 0.29) is 17.7 Å². The Morgan fingerprint density at radius 2 is 2.10 bits per heavy atom. The molecule has 30 heavy (non-hydrogen) atoms. The van der Waals surface area contributed by atoms with Crippen LogP contribution in [0.2, 0.25) is 0 Å². The van der Waals surface area contributed by atoms with E-state index in [1.165, 1.54) is 12.3 Å². The van der Waals surface area contributed by atoms with Crippen LogP contribution in [0.4, 0.5) is 4.39 Å². The normalized spacial score (nSPS) is 16.0. The van der Waals surface area contributed by atoms with Crippen molar-refractivity contribution in [3.63, 3.8) is 0 Å². The Labute approximate surface area is 177 Å². The van der Waals surface area contributed by atoms with E-state index in [9.17, 15) is 9.18 Å². The molecule has 0 fully saturated rings. The van der Waals surface area contributed by atoms with Gasteiger partial charge in [0.1, 0.15) is 11.9 Å². The molecular weight excluding hydrogens is 381 g/mol. The number of nitrogens with zero attached hydrogens (tertiary/aromatic N) is 3. The second-order valence-corrected chi connectivity index (χ2v) is 6.78. The first-order valence-corrected chi connectivity index (χ1v) is 9.77. The van der Waals surface area contributed by atoms with Gasteiger partial charge < -0.3 is 9.64 Å². The number of carbonyl (C=O) groups excluding carboxylic acids is 1. The van der Waals surface area contributed by atoms with Crippen LogP contribution < -0.4 is 4.74 Å². The first kappa shape index (κ1) is 23.0. The first-order valence-electron chi connectivity index (χ1n) is 9.77. The van der Waals surface area contributed by atoms with Gasteiger partial charge in [0.05, 0.1) is 17.6 Å². The SMILES string of the molecule is C=CC(=O)N1CC=C(C(=N/C=C\C)C(C)Oc2ccc(C(F)(C=C)C=C)nc2)CC1. The van der Waals surface area contributed by atoms with E-state index >= 15 is 0 Å². The lowest BCUT2D eigenvalue weighted by atomic mass is 9.99. The van der Waals surface area contributed by atoms with Gasteiger partial charge in [0.2, 0.25) is 5.91 Å². The molecule has 1 unspecified atom stereocenters. The summed E-state index contributed by atoms with van der Waals surface area (Å²) in [6, 6.07) is 3.21. The maximum atomic E-state index is 14.6. The van der Waals surface area contributed by atoms with Gasteiger partial charge in [-0.1, -0.05) is 31.9 Å². The molecule has 0 spiro atoms. The molecule has 6 heteroatoms. The lowest BCUT2D eigenvalue weighted by Crippen LogP contribution is -2.36. The fourth-order valence-corrected chi connectivity index (χ4v) is 3.06. The van der Waals surface area contributed by atoms with Crippen LogP contribution in [-0.4, -0.2) is 40.7 Å². The molecule has 158 valence electrons. The van der Waals surface area contributed by atoms with Crippen molar-refractivity contribution in [2.24, 2.45) is 4.99 Å². The molecule has 1 aromatic rings. The Morgan fingerprint density at radius 1 is 1.37 bits per heavy atom. The average molecular weight is 410 g/mol. The highest BCUT2D eigenvalue weighted by atomic mass is 19.1. The Balaban J connectivity index is 2.19. The molecule has 1 atom stereocenters. The Bertz CT molecular complexity index is 876. The summed E-state index contributed by atoms with van der Waals surface area (Å²) in [6.07, 6.45) is 10.9. The van der Waals surface area contributed by atoms with Crippen molar-refractivity contribution in [3.05, 3.63) is 85.9 Å². The number of ether oxygens (including phenoxy) is 1. The summed E-state index contributed by atoms with van der Waals surface area (Å²) in [4.78, 5) is 22.2. The van der Waals surface area contributed by atoms with Gasteiger partial charge in [0, 0.05) is 19.3 Å². The molecule has 2 rings (SSSR count). The molecule has 0 radical (unpaired) electrons. The van der Waals surface area contributed by atoms with Gasteiger partial charge >= 0.3 is 0 Å². The molecule has 1 aromatic heterocycles. The van der Waals surface area contributed by atoms with E-state index in [0.717, 1.165) is 23.4 Å². The fourth-order valence-electron chi connectivity index (χ4n) is 3.06. The Hall–Kier alpha value is -3.28. The largest absolute Gasteiger partial charge is 0.483 e. The van der Waals surface area contributed by atoms with Crippen LogP contribution >= 0.6 is 0 Å². The third-order valence-electron chi connectivity index (χ3n) is 4.81. The molecule has 0 aromatic carbocycles. The summed E-state index contributed by atoms with van der Waals surface area (Å²) in [6.45, 7) is 15.4. The Morgan fingerprint density at radius 3 is 2.60 bits per heavy atom. The number of aromatic nitrogens is 1. The van der Waals surface area contributed by atoms with E-state index < -0.39 is 5.67 Å². The second kappa shape index (κ2) is 10.5. The molecule has 0 bridgehead atoms. The van der Waals surface area contributed by atoms with Crippen molar-refractivity contribution in [3.8, 4) is 5.75 Å². The smallest absolute Gasteiger partial charge is 0.246 e. The van der Waals surface area contributed by atoms with Crippen molar-refractivity contribution in [1.82, 2.24) is 9.88 Å². The van der Waals surface area contributed by atoms with Gasteiger partial charge in [-0.05, 0) is 56.2 Å². The third kappa shape index (κ3) is 5.41. The summed E-state index contributed by atoms with van der Waals surface area (Å²) in [5.74, 6) is 0.408. The van der Waals surface area contributed by atoms with Gasteiger partial charge in [-0.3, -0.25) is 14.8 Å². The first-order chi connectivity index (χ1) is 14.4. The lowest BCUT2D eigenvalue weighted by molar-refractivity contribution is -0.125. The number of alkyl halides is 1. The van der Waals surface area contributed by atoms with Crippen LogP contribution in [0.1, 0.15) is 26.0 Å². The van der Waals surface area contributed by atoms with Crippen LogP contribution in [0.25, 0.3) is 0 Å². The van der Waals surface area contributed by atoms with E-state index in [1.807, 2.05) is 26.0 Å². The van der Waals surface area contributed by atoms with Crippen LogP contribution in [0, 0.1) is 0 Å². The molecule has 2 heterocycles. The van der Waals surface area contributed by atoms with Gasteiger partial charge in [0.15, 0.2) is 5.67 Å². The number of aliphatic imine (C=N–C) groups is 1. The minimum atomic E-state index is -1.88. The highest BCUT2D eigenvalue weighted by molar-refractivity contribution is 6.04. The zero-order valence-electron chi connectivity index (χ0n) is 17.6. The number of rotatable bonds is 9. The predicted octanol–water partition coefficient (Wildman–Crippen LogP) is 4.71. The highest BCUT2D eigenvalue weighted by Crippen LogP contribution is 2.28. The quantitative estimate of drug-likeness (QED) is 0.337. The molecule has 1 aliphatic rings. The molecular formula is C24H28FN3O2. The zero-order chi connectivity index (χ0) is 22.1. The molecule has 1 aliphatic heterocycles. The van der Waals surface area contributed by atoms with Crippen LogP contribution in [0.3, 0.4) is 0 Å². The molecule has 0 aliphatic carbocycles. The van der Waals surface area contributed by atoms with Crippen molar-refractivity contribution in [1.29, 1.82) is 0 Å². The summed E-state index contributed by atoms with van der Waals surface area (Å²) < 4.78 is 20.6. The number of halogens is 1. The average Bonchev–Trinajstić information content (AvgIpc) is 2.79. The van der Waals surface area contributed by atoms with Crippen LogP contribution in [0.15, 0.2) is 85.2 Å². The molecule has 1 amide bonds. The van der Waals surface area contributed by atoms with Gasteiger partial charge in [-0.2, -0.15) is 0 Å². The van der Waals surface area contributed by atoms with E-state index in [4.69, 9.17) is 4.74 Å². The van der Waals surface area contributed by atoms with Crippen molar-refractivity contribution in [2.75, 3.05) is 13.1 Å². The van der Waals surface area contributed by atoms with Crippen LogP contribution in [0.5, 0.6) is 5.75 Å². The number of carbonyl (C=O) groups is 1. The maximum absolute atomic E-state index is 14.6. The topological polar surface area (TPSA) is 54.8 Å². The lowest BCUT2D eigenvalue weighted by Gasteiger charge is -2.27. The number of hydrogen-bond acceptors (Lipinski definition) is 4. The van der Waals surface area contributed by atoms with E-state index in [2.05, 4.69) is 29.7 Å². The van der Waals surface area contributed by atoms with Gasteiger partial charge in [-0.15, -0.1) is 0 Å². The third-order valence-corrected chi connectivity index (χ3v) is 4.81. The fraction of sp³-hybridized carbons (Fsp3) is 0.292. The van der Waals surface area contributed by atoms with Crippen molar-refractivity contribution >= 4 is 11.6 Å². The summed E-state index contributed by atoms with van der Waals surface area (Å²) in [5, 5.41) is 0. The molecule has 0 N–H and O–H groups in total. The van der Waals surface area contributed by atoms with E-state index in [1.54, 1.807) is 23.2 Å². The minimum Gasteiger partial charge on any atom is -0.483 e. The number of hydrogen-bond donors (Lipinski definition) is 0. The highest BCUT2D eigenvalue weighted by Gasteiger charge is 2.26. The van der Waals surface area contributed by atoms with E-state index in [0.29, 0.717) is 25.3 Å². The van der Waals surface area contributed by atoms with Crippen LogP contribution in [-0.2, 0) is 10.5 Å². The number of allylic oxidation sites excluding steroid dienone is 3. The minimum absolute atomic E-state index is 0.0873. The number of amides is 1. The monoisotopic (exact) mass is 409 g/mol.